The van der Waals surface area contributed by atoms with Gasteiger partial charge in [-0.3, -0.25) is 8.98 Å². The lowest BCUT2D eigenvalue weighted by molar-refractivity contribution is -0.114. The standard InChI is InChI=1S/C18H30O4S/c1-2-3-4-5-6-7-8-9-10-13-16-22-23(20,21)18-15-12-11-14-17(18)19/h11-12,15H,2-10,13-14,16H2,1H3. The summed E-state index contributed by atoms with van der Waals surface area (Å²) >= 11 is 0. The van der Waals surface area contributed by atoms with Crippen LogP contribution in [-0.2, 0) is 19.1 Å². The van der Waals surface area contributed by atoms with Crippen molar-refractivity contribution in [2.24, 2.45) is 0 Å². The van der Waals surface area contributed by atoms with Crippen LogP contribution in [0.15, 0.2) is 23.1 Å². The van der Waals surface area contributed by atoms with Crippen LogP contribution in [0.2, 0.25) is 0 Å². The Labute approximate surface area is 141 Å². The van der Waals surface area contributed by atoms with E-state index in [1.54, 1.807) is 12.2 Å². The van der Waals surface area contributed by atoms with Crippen LogP contribution < -0.4 is 0 Å². The Bertz CT molecular complexity index is 503. The summed E-state index contributed by atoms with van der Waals surface area (Å²) in [5.41, 5.74) is 0. The van der Waals surface area contributed by atoms with E-state index >= 15 is 0 Å². The van der Waals surface area contributed by atoms with Gasteiger partial charge in [0.2, 0.25) is 0 Å². The minimum absolute atomic E-state index is 0.132. The molecule has 5 heteroatoms. The van der Waals surface area contributed by atoms with Gasteiger partial charge in [0, 0.05) is 6.42 Å². The van der Waals surface area contributed by atoms with Crippen molar-refractivity contribution in [1.29, 1.82) is 0 Å². The van der Waals surface area contributed by atoms with E-state index in [1.807, 2.05) is 0 Å². The molecule has 0 N–H and O–H groups in total. The van der Waals surface area contributed by atoms with Crippen molar-refractivity contribution in [3.8, 4) is 0 Å². The largest absolute Gasteiger partial charge is 0.300 e. The molecule has 0 aliphatic heterocycles. The third-order valence-corrected chi connectivity index (χ3v) is 5.35. The van der Waals surface area contributed by atoms with Crippen LogP contribution >= 0.6 is 0 Å². The predicted molar refractivity (Wildman–Crippen MR) is 93.6 cm³/mol. The van der Waals surface area contributed by atoms with Gasteiger partial charge in [-0.1, -0.05) is 76.9 Å². The minimum Gasteiger partial charge on any atom is -0.293 e. The Morgan fingerprint density at radius 1 is 0.957 bits per heavy atom. The first-order valence-corrected chi connectivity index (χ1v) is 10.3. The summed E-state index contributed by atoms with van der Waals surface area (Å²) in [6.45, 7) is 2.38. The molecule has 1 rings (SSSR count). The quantitative estimate of drug-likeness (QED) is 0.360. The SMILES string of the molecule is CCCCCCCCCCCCOS(=O)(=O)C1=CC=CCC1=O. The summed E-state index contributed by atoms with van der Waals surface area (Å²) in [5.74, 6) is -0.393. The van der Waals surface area contributed by atoms with Gasteiger partial charge in [0.1, 0.15) is 4.91 Å². The Kier molecular flexibility index (Phi) is 10.1. The molecule has 0 spiro atoms. The molecule has 0 aromatic carbocycles. The number of unbranched alkanes of at least 4 members (excludes halogenated alkanes) is 9. The highest BCUT2D eigenvalue weighted by molar-refractivity contribution is 7.91. The van der Waals surface area contributed by atoms with Gasteiger partial charge < -0.3 is 0 Å². The van der Waals surface area contributed by atoms with Crippen molar-refractivity contribution < 1.29 is 17.4 Å². The number of rotatable bonds is 13. The number of ketones is 1. The van der Waals surface area contributed by atoms with E-state index in [0.29, 0.717) is 6.42 Å². The third kappa shape index (κ3) is 8.47. The molecule has 0 heterocycles. The molecule has 0 aromatic heterocycles. The predicted octanol–water partition coefficient (Wildman–Crippen LogP) is 4.67. The molecule has 0 saturated carbocycles. The maximum atomic E-state index is 11.9. The van der Waals surface area contributed by atoms with Gasteiger partial charge >= 0.3 is 10.1 Å². The van der Waals surface area contributed by atoms with Gasteiger partial charge in [-0.15, -0.1) is 0 Å². The van der Waals surface area contributed by atoms with Gasteiger partial charge in [-0.25, -0.2) is 0 Å². The highest BCUT2D eigenvalue weighted by atomic mass is 32.2. The zero-order valence-electron chi connectivity index (χ0n) is 14.3. The molecule has 0 aromatic rings. The van der Waals surface area contributed by atoms with Gasteiger partial charge in [0.15, 0.2) is 5.78 Å². The van der Waals surface area contributed by atoms with Crippen LogP contribution in [0.4, 0.5) is 0 Å². The fourth-order valence-corrected chi connectivity index (χ4v) is 3.64. The molecule has 1 aliphatic rings. The molecule has 4 nitrogen and oxygen atoms in total. The van der Waals surface area contributed by atoms with E-state index in [9.17, 15) is 13.2 Å². The van der Waals surface area contributed by atoms with Crippen LogP contribution in [0.5, 0.6) is 0 Å². The van der Waals surface area contributed by atoms with Crippen LogP contribution in [0.1, 0.15) is 77.6 Å². The highest BCUT2D eigenvalue weighted by Gasteiger charge is 2.25. The Morgan fingerprint density at radius 2 is 1.52 bits per heavy atom. The monoisotopic (exact) mass is 342 g/mol. The second-order valence-electron chi connectivity index (χ2n) is 6.04. The minimum atomic E-state index is -3.88. The fourth-order valence-electron chi connectivity index (χ4n) is 2.57. The number of hydrogen-bond donors (Lipinski definition) is 0. The number of Topliss-reactive ketones (excluding diaryl/α,β-unsaturated/α-hetero) is 1. The lowest BCUT2D eigenvalue weighted by Gasteiger charge is -2.09. The Morgan fingerprint density at radius 3 is 2.09 bits per heavy atom. The van der Waals surface area contributed by atoms with Crippen molar-refractivity contribution in [3.63, 3.8) is 0 Å². The summed E-state index contributed by atoms with van der Waals surface area (Å²) in [6.07, 6.45) is 16.5. The third-order valence-electron chi connectivity index (χ3n) is 3.97. The van der Waals surface area contributed by atoms with Crippen LogP contribution in [-0.4, -0.2) is 20.8 Å². The molecule has 0 saturated heterocycles. The summed E-state index contributed by atoms with van der Waals surface area (Å²) in [7, 11) is -3.88. The van der Waals surface area contributed by atoms with Crippen molar-refractivity contribution >= 4 is 15.9 Å². The number of carbonyl (C=O) groups is 1. The average molecular weight is 343 g/mol. The lowest BCUT2D eigenvalue weighted by atomic mass is 10.1. The van der Waals surface area contributed by atoms with Gasteiger partial charge in [-0.05, 0) is 12.5 Å². The van der Waals surface area contributed by atoms with Gasteiger partial charge in [0.05, 0.1) is 6.61 Å². The first-order valence-electron chi connectivity index (χ1n) is 8.87. The maximum Gasteiger partial charge on any atom is 0.300 e. The van der Waals surface area contributed by atoms with Crippen molar-refractivity contribution in [3.05, 3.63) is 23.1 Å². The normalized spacial score (nSPS) is 15.0. The van der Waals surface area contributed by atoms with Crippen LogP contribution in [0.25, 0.3) is 0 Å². The Balaban J connectivity index is 2.05. The molecule has 132 valence electrons. The zero-order valence-corrected chi connectivity index (χ0v) is 15.1. The highest BCUT2D eigenvalue weighted by Crippen LogP contribution is 2.17. The average Bonchev–Trinajstić information content (AvgIpc) is 2.53. The summed E-state index contributed by atoms with van der Waals surface area (Å²) in [4.78, 5) is 11.3. The smallest absolute Gasteiger partial charge is 0.293 e. The topological polar surface area (TPSA) is 60.4 Å². The van der Waals surface area contributed by atoms with E-state index in [4.69, 9.17) is 4.18 Å². The molecule has 1 aliphatic carbocycles. The molecule has 0 unspecified atom stereocenters. The van der Waals surface area contributed by atoms with E-state index < -0.39 is 15.9 Å². The summed E-state index contributed by atoms with van der Waals surface area (Å²) in [6, 6.07) is 0. The molecular weight excluding hydrogens is 312 g/mol. The lowest BCUT2D eigenvalue weighted by Crippen LogP contribution is -2.17. The van der Waals surface area contributed by atoms with Crippen molar-refractivity contribution in [2.45, 2.75) is 77.6 Å². The summed E-state index contributed by atoms with van der Waals surface area (Å²) in [5, 5.41) is 0. The number of carbonyl (C=O) groups excluding carboxylic acids is 1. The van der Waals surface area contributed by atoms with E-state index in [-0.39, 0.29) is 17.9 Å². The first kappa shape index (κ1) is 20.1. The molecule has 0 bridgehead atoms. The van der Waals surface area contributed by atoms with E-state index in [0.717, 1.165) is 12.8 Å². The maximum absolute atomic E-state index is 11.9. The van der Waals surface area contributed by atoms with Gasteiger partial charge in [-0.2, -0.15) is 8.42 Å². The Hall–Kier alpha value is -0.940. The molecule has 0 radical (unpaired) electrons. The molecular formula is C18H30O4S. The molecule has 0 atom stereocenters. The zero-order chi connectivity index (χ0) is 17.0. The summed E-state index contributed by atoms with van der Waals surface area (Å²) < 4.78 is 28.8. The fraction of sp³-hybridized carbons (Fsp3) is 0.722. The van der Waals surface area contributed by atoms with E-state index in [2.05, 4.69) is 6.92 Å². The number of hydrogen-bond acceptors (Lipinski definition) is 4. The van der Waals surface area contributed by atoms with E-state index in [1.165, 1.54) is 51.0 Å². The molecule has 0 amide bonds. The van der Waals surface area contributed by atoms with Crippen LogP contribution in [0.3, 0.4) is 0 Å². The van der Waals surface area contributed by atoms with Gasteiger partial charge in [0.25, 0.3) is 0 Å². The number of allylic oxidation sites excluding steroid dienone is 4. The van der Waals surface area contributed by atoms with Crippen molar-refractivity contribution in [2.75, 3.05) is 6.61 Å². The van der Waals surface area contributed by atoms with Crippen molar-refractivity contribution in [1.82, 2.24) is 0 Å². The molecule has 0 fully saturated rings. The second-order valence-corrected chi connectivity index (χ2v) is 7.63. The van der Waals surface area contributed by atoms with Crippen LogP contribution in [0, 0.1) is 0 Å². The second kappa shape index (κ2) is 11.6. The first-order chi connectivity index (χ1) is 11.1. The molecule has 23 heavy (non-hydrogen) atoms.